The Balaban J connectivity index is 1.54. The number of ether oxygens (including phenoxy) is 4. The summed E-state index contributed by atoms with van der Waals surface area (Å²) in [6.45, 7) is 6.20. The molecule has 1 amide bonds. The number of hydrogen-bond donors (Lipinski definition) is 1. The number of rotatable bonds is 10. The molecular weight excluding hydrogens is 427 g/mol. The Morgan fingerprint density at radius 1 is 1.21 bits per heavy atom. The van der Waals surface area contributed by atoms with E-state index in [-0.39, 0.29) is 37.1 Å². The third kappa shape index (κ3) is 6.36. The van der Waals surface area contributed by atoms with Gasteiger partial charge in [-0.1, -0.05) is 18.2 Å². The zero-order valence-electron chi connectivity index (χ0n) is 19.1. The van der Waals surface area contributed by atoms with Crippen molar-refractivity contribution in [2.24, 2.45) is 0 Å². The van der Waals surface area contributed by atoms with Crippen molar-refractivity contribution in [3.8, 4) is 17.2 Å². The lowest BCUT2D eigenvalue weighted by Crippen LogP contribution is -2.49. The lowest BCUT2D eigenvalue weighted by Gasteiger charge is -2.30. The number of fused-ring (bicyclic) bond motifs is 1. The molecule has 0 aromatic heterocycles. The van der Waals surface area contributed by atoms with Crippen molar-refractivity contribution >= 4 is 5.91 Å². The average molecular weight is 459 g/mol. The van der Waals surface area contributed by atoms with E-state index < -0.39 is 11.9 Å². The van der Waals surface area contributed by atoms with Gasteiger partial charge in [-0.2, -0.15) is 0 Å². The molecule has 2 heterocycles. The second-order valence-electron chi connectivity index (χ2n) is 8.72. The Morgan fingerprint density at radius 2 is 2.03 bits per heavy atom. The molecule has 0 saturated carbocycles. The van der Waals surface area contributed by atoms with Crippen LogP contribution in [-0.2, 0) is 16.1 Å². The molecule has 0 radical (unpaired) electrons. The minimum absolute atomic E-state index is 0.0570. The third-order valence-electron chi connectivity index (χ3n) is 5.58. The van der Waals surface area contributed by atoms with Crippen LogP contribution in [0.4, 0.5) is 4.39 Å². The number of halogens is 1. The predicted molar refractivity (Wildman–Crippen MR) is 121 cm³/mol. The van der Waals surface area contributed by atoms with Gasteiger partial charge in [0.25, 0.3) is 5.91 Å². The summed E-state index contributed by atoms with van der Waals surface area (Å²) in [6.07, 6.45) is 1.18. The van der Waals surface area contributed by atoms with Gasteiger partial charge in [0.2, 0.25) is 6.79 Å². The molecule has 7 nitrogen and oxygen atoms in total. The highest BCUT2D eigenvalue weighted by Gasteiger charge is 2.28. The van der Waals surface area contributed by atoms with Crippen molar-refractivity contribution in [2.45, 2.75) is 51.5 Å². The number of nitrogens with one attached hydrogen (secondary N) is 1. The fourth-order valence-corrected chi connectivity index (χ4v) is 4.06. The molecule has 178 valence electrons. The van der Waals surface area contributed by atoms with Crippen molar-refractivity contribution in [2.75, 3.05) is 26.5 Å². The number of amides is 1. The van der Waals surface area contributed by atoms with Crippen molar-refractivity contribution < 1.29 is 28.1 Å². The number of benzene rings is 2. The van der Waals surface area contributed by atoms with E-state index in [0.717, 1.165) is 30.8 Å². The predicted octanol–water partition coefficient (Wildman–Crippen LogP) is 3.51. The highest BCUT2D eigenvalue weighted by molar-refractivity contribution is 5.81. The molecule has 2 aliphatic heterocycles. The van der Waals surface area contributed by atoms with Crippen LogP contribution >= 0.6 is 0 Å². The number of carbonyl (C=O) groups is 1. The maximum atomic E-state index is 14.3. The van der Waals surface area contributed by atoms with Crippen LogP contribution in [0.15, 0.2) is 42.5 Å². The first-order valence-electron chi connectivity index (χ1n) is 11.4. The van der Waals surface area contributed by atoms with E-state index in [0.29, 0.717) is 18.8 Å². The van der Waals surface area contributed by atoms with Crippen LogP contribution in [0.25, 0.3) is 0 Å². The molecule has 4 rings (SSSR count). The molecule has 2 aliphatic rings. The monoisotopic (exact) mass is 458 g/mol. The summed E-state index contributed by atoms with van der Waals surface area (Å²) in [5.41, 5.74) is 1.02. The Morgan fingerprint density at radius 3 is 2.79 bits per heavy atom. The molecule has 1 saturated heterocycles. The number of nitrogens with zero attached hydrogens (tertiary/aromatic N) is 1. The zero-order chi connectivity index (χ0) is 23.2. The first-order valence-corrected chi connectivity index (χ1v) is 11.4. The van der Waals surface area contributed by atoms with Gasteiger partial charge in [-0.15, -0.1) is 0 Å². The van der Waals surface area contributed by atoms with Crippen molar-refractivity contribution in [1.29, 1.82) is 0 Å². The molecule has 2 aromatic rings. The molecule has 1 fully saturated rings. The zero-order valence-corrected chi connectivity index (χ0v) is 19.1. The van der Waals surface area contributed by atoms with Crippen LogP contribution in [-0.4, -0.2) is 55.5 Å². The van der Waals surface area contributed by atoms with Crippen LogP contribution in [0.3, 0.4) is 0 Å². The highest BCUT2D eigenvalue weighted by Crippen LogP contribution is 2.33. The van der Waals surface area contributed by atoms with E-state index in [1.165, 1.54) is 12.1 Å². The van der Waals surface area contributed by atoms with Gasteiger partial charge in [-0.05, 0) is 56.5 Å². The standard InChI is InChI=1S/C25H31FN2O5/c1-17(2)27-25(29)24(33-21-8-4-3-7-20(21)26)15-28(14-19-6-5-11-30-19)13-18-9-10-22-23(12-18)32-16-31-22/h3-4,7-10,12,17,19,24H,5-6,11,13-16H2,1-2H3,(H,27,29). The number of para-hydroxylation sites is 1. The smallest absolute Gasteiger partial charge is 0.262 e. The maximum absolute atomic E-state index is 14.3. The van der Waals surface area contributed by atoms with Gasteiger partial charge in [0.15, 0.2) is 29.2 Å². The molecule has 0 aliphatic carbocycles. The lowest BCUT2D eigenvalue weighted by molar-refractivity contribution is -0.129. The van der Waals surface area contributed by atoms with Gasteiger partial charge in [0.05, 0.1) is 6.10 Å². The molecule has 1 N–H and O–H groups in total. The van der Waals surface area contributed by atoms with Gasteiger partial charge in [0.1, 0.15) is 0 Å². The minimum Gasteiger partial charge on any atom is -0.476 e. The summed E-state index contributed by atoms with van der Waals surface area (Å²) in [6, 6.07) is 11.9. The average Bonchev–Trinajstić information content (AvgIpc) is 3.45. The van der Waals surface area contributed by atoms with Gasteiger partial charge < -0.3 is 24.3 Å². The first-order chi connectivity index (χ1) is 16.0. The van der Waals surface area contributed by atoms with E-state index in [1.54, 1.807) is 12.1 Å². The Hall–Kier alpha value is -2.84. The summed E-state index contributed by atoms with van der Waals surface area (Å²) >= 11 is 0. The Kier molecular flexibility index (Phi) is 7.67. The van der Waals surface area contributed by atoms with Crippen molar-refractivity contribution in [3.63, 3.8) is 0 Å². The number of hydrogen-bond acceptors (Lipinski definition) is 6. The molecule has 2 aromatic carbocycles. The van der Waals surface area contributed by atoms with Crippen LogP contribution in [0.2, 0.25) is 0 Å². The lowest BCUT2D eigenvalue weighted by atomic mass is 10.1. The maximum Gasteiger partial charge on any atom is 0.262 e. The molecule has 8 heteroatoms. The summed E-state index contributed by atoms with van der Waals surface area (Å²) in [4.78, 5) is 15.1. The molecule has 33 heavy (non-hydrogen) atoms. The Bertz CT molecular complexity index is 948. The van der Waals surface area contributed by atoms with Crippen LogP contribution in [0.1, 0.15) is 32.3 Å². The third-order valence-corrected chi connectivity index (χ3v) is 5.58. The molecular formula is C25H31FN2O5. The minimum atomic E-state index is -0.889. The van der Waals surface area contributed by atoms with E-state index >= 15 is 0 Å². The van der Waals surface area contributed by atoms with Crippen molar-refractivity contribution in [1.82, 2.24) is 10.2 Å². The molecule has 2 atom stereocenters. The largest absolute Gasteiger partial charge is 0.476 e. The van der Waals surface area contributed by atoms with Gasteiger partial charge in [-0.25, -0.2) is 4.39 Å². The highest BCUT2D eigenvalue weighted by atomic mass is 19.1. The quantitative estimate of drug-likeness (QED) is 0.588. The fraction of sp³-hybridized carbons (Fsp3) is 0.480. The van der Waals surface area contributed by atoms with E-state index in [1.807, 2.05) is 32.0 Å². The Labute approximate surface area is 193 Å². The summed E-state index contributed by atoms with van der Waals surface area (Å²) in [7, 11) is 0. The van der Waals surface area contributed by atoms with E-state index in [4.69, 9.17) is 18.9 Å². The molecule has 2 unspecified atom stereocenters. The normalized spacial score (nSPS) is 18.0. The number of carbonyl (C=O) groups excluding carboxylic acids is 1. The summed E-state index contributed by atoms with van der Waals surface area (Å²) < 4.78 is 37.0. The van der Waals surface area contributed by atoms with E-state index in [2.05, 4.69) is 10.2 Å². The van der Waals surface area contributed by atoms with Gasteiger partial charge in [-0.3, -0.25) is 9.69 Å². The van der Waals surface area contributed by atoms with Gasteiger partial charge >= 0.3 is 0 Å². The van der Waals surface area contributed by atoms with Crippen molar-refractivity contribution in [3.05, 3.63) is 53.8 Å². The second-order valence-corrected chi connectivity index (χ2v) is 8.72. The topological polar surface area (TPSA) is 69.3 Å². The first kappa shape index (κ1) is 23.3. The molecule has 0 bridgehead atoms. The van der Waals surface area contributed by atoms with Crippen LogP contribution in [0, 0.1) is 5.82 Å². The second kappa shape index (κ2) is 10.9. The summed E-state index contributed by atoms with van der Waals surface area (Å²) in [5.74, 6) is 0.710. The van der Waals surface area contributed by atoms with Crippen LogP contribution < -0.4 is 19.5 Å². The van der Waals surface area contributed by atoms with Gasteiger partial charge in [0, 0.05) is 32.3 Å². The fourth-order valence-electron chi connectivity index (χ4n) is 4.06. The molecule has 0 spiro atoms. The van der Waals surface area contributed by atoms with E-state index in [9.17, 15) is 9.18 Å². The van der Waals surface area contributed by atoms with Crippen LogP contribution in [0.5, 0.6) is 17.2 Å². The SMILES string of the molecule is CC(C)NC(=O)C(CN(Cc1ccc2c(c1)OCO2)CC1CCCO1)Oc1ccccc1F. The summed E-state index contributed by atoms with van der Waals surface area (Å²) in [5, 5.41) is 2.90.